The number of nitrogens with zero attached hydrogens (tertiary/aromatic N) is 1. The van der Waals surface area contributed by atoms with E-state index in [-0.39, 0.29) is 23.3 Å². The molecule has 110 valence electrons. The van der Waals surface area contributed by atoms with Crippen LogP contribution in [0.3, 0.4) is 0 Å². The summed E-state index contributed by atoms with van der Waals surface area (Å²) in [4.78, 5) is 0.217. The van der Waals surface area contributed by atoms with Crippen molar-refractivity contribution >= 4 is 22.4 Å². The molecule has 1 aliphatic heterocycles. The zero-order valence-corrected chi connectivity index (χ0v) is 12.9. The monoisotopic (exact) mass is 315 g/mol. The van der Waals surface area contributed by atoms with Gasteiger partial charge in [0.25, 0.3) is 0 Å². The molecule has 0 bridgehead atoms. The number of nitrogens with one attached hydrogen (secondary N) is 2. The van der Waals surface area contributed by atoms with Gasteiger partial charge in [-0.25, -0.2) is 13.1 Å². The Kier molecular flexibility index (Phi) is 5.96. The van der Waals surface area contributed by atoms with Crippen LogP contribution in [0.25, 0.3) is 0 Å². The van der Waals surface area contributed by atoms with Crippen molar-refractivity contribution in [3.05, 3.63) is 29.3 Å². The average Bonchev–Trinajstić information content (AvgIpc) is 2.39. The quantitative estimate of drug-likeness (QED) is 0.881. The molecule has 1 aromatic rings. The number of sulfonamides is 1. The van der Waals surface area contributed by atoms with E-state index in [1.54, 1.807) is 13.0 Å². The SMILES string of the molecule is Cc1cc(S(=O)(=O)NC2CCCNC2)ccc1C#N.Cl. The number of halogens is 1. The summed E-state index contributed by atoms with van der Waals surface area (Å²) in [5, 5.41) is 12.0. The number of aryl methyl sites for hydroxylation is 1. The predicted octanol–water partition coefficient (Wildman–Crippen LogP) is 1.32. The first-order valence-corrected chi connectivity index (χ1v) is 7.75. The fraction of sp³-hybridized carbons (Fsp3) is 0.462. The Morgan fingerprint density at radius 3 is 2.75 bits per heavy atom. The topological polar surface area (TPSA) is 82.0 Å². The third-order valence-electron chi connectivity index (χ3n) is 3.25. The van der Waals surface area contributed by atoms with Gasteiger partial charge in [0, 0.05) is 12.6 Å². The fourth-order valence-corrected chi connectivity index (χ4v) is 3.52. The Labute approximate surface area is 125 Å². The molecule has 5 nitrogen and oxygen atoms in total. The lowest BCUT2D eigenvalue weighted by molar-refractivity contribution is 0.428. The summed E-state index contributed by atoms with van der Waals surface area (Å²) >= 11 is 0. The van der Waals surface area contributed by atoms with E-state index in [4.69, 9.17) is 5.26 Å². The lowest BCUT2D eigenvalue weighted by Crippen LogP contribution is -2.45. The molecule has 1 atom stereocenters. The smallest absolute Gasteiger partial charge is 0.240 e. The van der Waals surface area contributed by atoms with Gasteiger partial charge in [-0.2, -0.15) is 5.26 Å². The van der Waals surface area contributed by atoms with Gasteiger partial charge < -0.3 is 5.32 Å². The van der Waals surface area contributed by atoms with Crippen LogP contribution in [-0.4, -0.2) is 27.5 Å². The Morgan fingerprint density at radius 1 is 1.45 bits per heavy atom. The molecule has 1 aliphatic rings. The molecule has 20 heavy (non-hydrogen) atoms. The zero-order valence-electron chi connectivity index (χ0n) is 11.2. The van der Waals surface area contributed by atoms with Gasteiger partial charge in [0.15, 0.2) is 0 Å². The van der Waals surface area contributed by atoms with Crippen LogP contribution in [0.15, 0.2) is 23.1 Å². The molecule has 2 N–H and O–H groups in total. The standard InChI is InChI=1S/C13H17N3O2S.ClH/c1-10-7-13(5-4-11(10)8-14)19(17,18)16-12-3-2-6-15-9-12;/h4-5,7,12,15-16H,2-3,6,9H2,1H3;1H. The van der Waals surface area contributed by atoms with Crippen LogP contribution < -0.4 is 10.0 Å². The number of hydrogen-bond acceptors (Lipinski definition) is 4. The van der Waals surface area contributed by atoms with Gasteiger partial charge in [-0.05, 0) is 50.1 Å². The molecule has 0 spiro atoms. The molecule has 2 rings (SSSR count). The third-order valence-corrected chi connectivity index (χ3v) is 4.77. The van der Waals surface area contributed by atoms with E-state index in [0.717, 1.165) is 19.4 Å². The minimum Gasteiger partial charge on any atom is -0.315 e. The van der Waals surface area contributed by atoms with E-state index < -0.39 is 10.0 Å². The summed E-state index contributed by atoms with van der Waals surface area (Å²) in [5.74, 6) is 0. The third kappa shape index (κ3) is 3.93. The second-order valence-electron chi connectivity index (χ2n) is 4.75. The maximum Gasteiger partial charge on any atom is 0.240 e. The summed E-state index contributed by atoms with van der Waals surface area (Å²) in [5.41, 5.74) is 1.17. The van der Waals surface area contributed by atoms with Crippen LogP contribution in [0, 0.1) is 18.3 Å². The van der Waals surface area contributed by atoms with Crippen molar-refractivity contribution in [1.29, 1.82) is 5.26 Å². The number of nitriles is 1. The van der Waals surface area contributed by atoms with Crippen molar-refractivity contribution in [3.63, 3.8) is 0 Å². The highest BCUT2D eigenvalue weighted by atomic mass is 35.5. The maximum atomic E-state index is 12.2. The van der Waals surface area contributed by atoms with Crippen LogP contribution in [0.4, 0.5) is 0 Å². The second-order valence-corrected chi connectivity index (χ2v) is 6.47. The maximum absolute atomic E-state index is 12.2. The molecule has 0 aromatic heterocycles. The van der Waals surface area contributed by atoms with Gasteiger partial charge in [-0.3, -0.25) is 0 Å². The molecule has 1 aromatic carbocycles. The minimum absolute atomic E-state index is 0. The molecule has 1 saturated heterocycles. The highest BCUT2D eigenvalue weighted by Crippen LogP contribution is 2.16. The van der Waals surface area contributed by atoms with E-state index in [2.05, 4.69) is 10.0 Å². The van der Waals surface area contributed by atoms with E-state index in [1.165, 1.54) is 12.1 Å². The van der Waals surface area contributed by atoms with Gasteiger partial charge in [0.05, 0.1) is 16.5 Å². The zero-order chi connectivity index (χ0) is 13.9. The van der Waals surface area contributed by atoms with Gasteiger partial charge >= 0.3 is 0 Å². The second kappa shape index (κ2) is 7.04. The van der Waals surface area contributed by atoms with E-state index >= 15 is 0 Å². The molecular formula is C13H18ClN3O2S. The summed E-state index contributed by atoms with van der Waals surface area (Å²) < 4.78 is 27.2. The highest BCUT2D eigenvalue weighted by Gasteiger charge is 2.21. The lowest BCUT2D eigenvalue weighted by Gasteiger charge is -2.23. The Bertz CT molecular complexity index is 605. The molecule has 1 heterocycles. The minimum atomic E-state index is -3.51. The van der Waals surface area contributed by atoms with Crippen molar-refractivity contribution in [2.75, 3.05) is 13.1 Å². The van der Waals surface area contributed by atoms with Crippen molar-refractivity contribution in [2.24, 2.45) is 0 Å². The number of piperidine rings is 1. The van der Waals surface area contributed by atoms with Gasteiger partial charge in [0.1, 0.15) is 0 Å². The summed E-state index contributed by atoms with van der Waals surface area (Å²) in [6.45, 7) is 3.34. The molecule has 1 unspecified atom stereocenters. The van der Waals surface area contributed by atoms with Crippen LogP contribution in [0.2, 0.25) is 0 Å². The highest BCUT2D eigenvalue weighted by molar-refractivity contribution is 7.89. The molecule has 0 aliphatic carbocycles. The predicted molar refractivity (Wildman–Crippen MR) is 79.4 cm³/mol. The van der Waals surface area contributed by atoms with Crippen molar-refractivity contribution in [3.8, 4) is 6.07 Å². The van der Waals surface area contributed by atoms with Crippen LogP contribution in [0.5, 0.6) is 0 Å². The molecule has 0 radical (unpaired) electrons. The summed E-state index contributed by atoms with van der Waals surface area (Å²) in [7, 11) is -3.51. The molecule has 1 fully saturated rings. The summed E-state index contributed by atoms with van der Waals surface area (Å²) in [6.07, 6.45) is 1.82. The van der Waals surface area contributed by atoms with Gasteiger partial charge in [0.2, 0.25) is 10.0 Å². The first-order chi connectivity index (χ1) is 9.03. The molecule has 0 amide bonds. The Morgan fingerprint density at radius 2 is 2.20 bits per heavy atom. The van der Waals surface area contributed by atoms with E-state index in [1.807, 2.05) is 6.07 Å². The Hall–Kier alpha value is -1.13. The first-order valence-electron chi connectivity index (χ1n) is 6.27. The van der Waals surface area contributed by atoms with Crippen LogP contribution >= 0.6 is 12.4 Å². The van der Waals surface area contributed by atoms with Crippen molar-refractivity contribution in [2.45, 2.75) is 30.7 Å². The van der Waals surface area contributed by atoms with Crippen molar-refractivity contribution < 1.29 is 8.42 Å². The normalized spacial score (nSPS) is 18.9. The fourth-order valence-electron chi connectivity index (χ4n) is 2.17. The molecular weight excluding hydrogens is 298 g/mol. The largest absolute Gasteiger partial charge is 0.315 e. The molecule has 0 saturated carbocycles. The summed E-state index contributed by atoms with van der Waals surface area (Å²) in [6, 6.07) is 6.53. The van der Waals surface area contributed by atoms with Crippen molar-refractivity contribution in [1.82, 2.24) is 10.0 Å². The van der Waals surface area contributed by atoms with Crippen LogP contribution in [0.1, 0.15) is 24.0 Å². The Balaban J connectivity index is 0.00000200. The average molecular weight is 316 g/mol. The first kappa shape index (κ1) is 16.9. The van der Waals surface area contributed by atoms with E-state index in [9.17, 15) is 8.42 Å². The van der Waals surface area contributed by atoms with Gasteiger partial charge in [-0.1, -0.05) is 0 Å². The lowest BCUT2D eigenvalue weighted by atomic mass is 10.1. The van der Waals surface area contributed by atoms with Crippen LogP contribution in [-0.2, 0) is 10.0 Å². The van der Waals surface area contributed by atoms with E-state index in [0.29, 0.717) is 17.7 Å². The number of rotatable bonds is 3. The number of benzene rings is 1. The van der Waals surface area contributed by atoms with Gasteiger partial charge in [-0.15, -0.1) is 12.4 Å². The number of hydrogen-bond donors (Lipinski definition) is 2. The molecule has 7 heteroatoms.